The van der Waals surface area contributed by atoms with Gasteiger partial charge in [-0.3, -0.25) is 4.98 Å². The van der Waals surface area contributed by atoms with Crippen molar-refractivity contribution >= 4 is 0 Å². The summed E-state index contributed by atoms with van der Waals surface area (Å²) in [5.41, 5.74) is 1.34. The molecule has 0 atom stereocenters. The van der Waals surface area contributed by atoms with E-state index in [4.69, 9.17) is 5.11 Å². The molecule has 3 heteroatoms. The number of aromatic nitrogens is 1. The number of aromatic hydroxyl groups is 1. The average molecular weight is 189 g/mol. The van der Waals surface area contributed by atoms with Crippen LogP contribution in [0.4, 0.5) is 4.39 Å². The Bertz CT molecular complexity index is 442. The van der Waals surface area contributed by atoms with Gasteiger partial charge in [0.05, 0.1) is 11.9 Å². The maximum Gasteiger partial charge on any atom is 0.169 e. The molecule has 0 fully saturated rings. The fourth-order valence-electron chi connectivity index (χ4n) is 1.19. The van der Waals surface area contributed by atoms with Crippen LogP contribution >= 0.6 is 0 Å². The molecule has 1 heterocycles. The molecule has 0 aliphatic rings. The van der Waals surface area contributed by atoms with E-state index in [2.05, 4.69) is 4.98 Å². The zero-order valence-corrected chi connectivity index (χ0v) is 7.31. The van der Waals surface area contributed by atoms with Crippen LogP contribution in [-0.4, -0.2) is 10.1 Å². The number of nitrogens with zero attached hydrogens (tertiary/aromatic N) is 1. The average Bonchev–Trinajstić information content (AvgIpc) is 2.23. The minimum atomic E-state index is -0.654. The molecule has 2 nitrogen and oxygen atoms in total. The van der Waals surface area contributed by atoms with Gasteiger partial charge in [-0.25, -0.2) is 4.39 Å². The van der Waals surface area contributed by atoms with Gasteiger partial charge in [-0.1, -0.05) is 30.3 Å². The van der Waals surface area contributed by atoms with E-state index in [-0.39, 0.29) is 0 Å². The van der Waals surface area contributed by atoms with Crippen LogP contribution in [0.15, 0.2) is 42.6 Å². The number of rotatable bonds is 1. The van der Waals surface area contributed by atoms with Gasteiger partial charge in [0.15, 0.2) is 11.6 Å². The molecule has 1 aromatic heterocycles. The molecule has 0 saturated heterocycles. The Kier molecular flexibility index (Phi) is 2.14. The highest BCUT2D eigenvalue weighted by Crippen LogP contribution is 2.21. The standard InChI is InChI=1S/C11H8FNO/c12-9-6-10(13-7-11(9)14)8-4-2-1-3-5-8/h1-7,14H. The number of hydrogen-bond donors (Lipinski definition) is 1. The van der Waals surface area contributed by atoms with Crippen LogP contribution in [0.5, 0.6) is 5.75 Å². The molecule has 0 aliphatic carbocycles. The summed E-state index contributed by atoms with van der Waals surface area (Å²) in [5, 5.41) is 8.95. The van der Waals surface area contributed by atoms with E-state index < -0.39 is 11.6 Å². The molecule has 1 N–H and O–H groups in total. The summed E-state index contributed by atoms with van der Waals surface area (Å²) in [5.74, 6) is -1.08. The Morgan fingerprint density at radius 1 is 1.14 bits per heavy atom. The van der Waals surface area contributed by atoms with Crippen molar-refractivity contribution in [1.29, 1.82) is 0 Å². The molecule has 0 unspecified atom stereocenters. The summed E-state index contributed by atoms with van der Waals surface area (Å²) < 4.78 is 13.0. The van der Waals surface area contributed by atoms with Crippen molar-refractivity contribution in [1.82, 2.24) is 4.98 Å². The quantitative estimate of drug-likeness (QED) is 0.747. The van der Waals surface area contributed by atoms with Gasteiger partial charge in [-0.2, -0.15) is 0 Å². The van der Waals surface area contributed by atoms with Gasteiger partial charge in [-0.05, 0) is 0 Å². The van der Waals surface area contributed by atoms with Crippen LogP contribution < -0.4 is 0 Å². The molecule has 0 bridgehead atoms. The van der Waals surface area contributed by atoms with Crippen molar-refractivity contribution in [2.75, 3.05) is 0 Å². The normalized spacial score (nSPS) is 10.1. The number of halogens is 1. The second-order valence-electron chi connectivity index (χ2n) is 2.89. The van der Waals surface area contributed by atoms with Crippen LogP contribution in [0.25, 0.3) is 11.3 Å². The highest BCUT2D eigenvalue weighted by atomic mass is 19.1. The van der Waals surface area contributed by atoms with E-state index in [0.717, 1.165) is 11.8 Å². The van der Waals surface area contributed by atoms with E-state index in [1.54, 1.807) is 0 Å². The largest absolute Gasteiger partial charge is 0.504 e. The van der Waals surface area contributed by atoms with Gasteiger partial charge >= 0.3 is 0 Å². The molecule has 0 spiro atoms. The third kappa shape index (κ3) is 1.57. The Labute approximate surface area is 80.7 Å². The third-order valence-electron chi connectivity index (χ3n) is 1.90. The first-order chi connectivity index (χ1) is 6.77. The van der Waals surface area contributed by atoms with Gasteiger partial charge in [0, 0.05) is 11.6 Å². The van der Waals surface area contributed by atoms with Crippen LogP contribution in [0.3, 0.4) is 0 Å². The predicted octanol–water partition coefficient (Wildman–Crippen LogP) is 2.59. The molecule has 70 valence electrons. The molecule has 1 aromatic carbocycles. The zero-order valence-electron chi connectivity index (χ0n) is 7.31. The molecule has 0 aliphatic heterocycles. The van der Waals surface area contributed by atoms with E-state index in [1.807, 2.05) is 30.3 Å². The summed E-state index contributed by atoms with van der Waals surface area (Å²) in [6.07, 6.45) is 1.11. The first-order valence-electron chi connectivity index (χ1n) is 4.17. The minimum Gasteiger partial charge on any atom is -0.504 e. The van der Waals surface area contributed by atoms with E-state index in [0.29, 0.717) is 5.69 Å². The van der Waals surface area contributed by atoms with Gasteiger partial charge in [-0.15, -0.1) is 0 Å². The monoisotopic (exact) mass is 189 g/mol. The summed E-state index contributed by atoms with van der Waals surface area (Å²) in [7, 11) is 0. The first-order valence-corrected chi connectivity index (χ1v) is 4.17. The Morgan fingerprint density at radius 3 is 2.50 bits per heavy atom. The fourth-order valence-corrected chi connectivity index (χ4v) is 1.19. The van der Waals surface area contributed by atoms with Crippen molar-refractivity contribution in [2.45, 2.75) is 0 Å². The summed E-state index contributed by atoms with van der Waals surface area (Å²) in [6.45, 7) is 0. The molecular formula is C11H8FNO. The Hall–Kier alpha value is -1.90. The maximum atomic E-state index is 13.0. The molecule has 2 rings (SSSR count). The Balaban J connectivity index is 2.48. The van der Waals surface area contributed by atoms with Crippen molar-refractivity contribution in [3.05, 3.63) is 48.4 Å². The smallest absolute Gasteiger partial charge is 0.169 e. The molecule has 0 radical (unpaired) electrons. The lowest BCUT2D eigenvalue weighted by Crippen LogP contribution is -1.85. The summed E-state index contributed by atoms with van der Waals surface area (Å²) >= 11 is 0. The van der Waals surface area contributed by atoms with Gasteiger partial charge in [0.25, 0.3) is 0 Å². The second-order valence-corrected chi connectivity index (χ2v) is 2.89. The number of hydrogen-bond acceptors (Lipinski definition) is 2. The van der Waals surface area contributed by atoms with Gasteiger partial charge < -0.3 is 5.11 Å². The highest BCUT2D eigenvalue weighted by Gasteiger charge is 2.03. The highest BCUT2D eigenvalue weighted by molar-refractivity contribution is 5.59. The van der Waals surface area contributed by atoms with Gasteiger partial charge in [0.2, 0.25) is 0 Å². The first kappa shape index (κ1) is 8.69. The third-order valence-corrected chi connectivity index (χ3v) is 1.90. The SMILES string of the molecule is Oc1cnc(-c2ccccc2)cc1F. The van der Waals surface area contributed by atoms with Crippen LogP contribution in [0.2, 0.25) is 0 Å². The summed E-state index contributed by atoms with van der Waals surface area (Å²) in [4.78, 5) is 3.92. The fraction of sp³-hybridized carbons (Fsp3) is 0. The predicted molar refractivity (Wildman–Crippen MR) is 51.3 cm³/mol. The van der Waals surface area contributed by atoms with E-state index in [9.17, 15) is 4.39 Å². The van der Waals surface area contributed by atoms with Gasteiger partial charge in [0.1, 0.15) is 0 Å². The van der Waals surface area contributed by atoms with Crippen molar-refractivity contribution < 1.29 is 9.50 Å². The van der Waals surface area contributed by atoms with Crippen LogP contribution in [0, 0.1) is 5.82 Å². The van der Waals surface area contributed by atoms with E-state index in [1.165, 1.54) is 6.07 Å². The molecule has 0 amide bonds. The van der Waals surface area contributed by atoms with Crippen LogP contribution in [0.1, 0.15) is 0 Å². The number of pyridine rings is 1. The lowest BCUT2D eigenvalue weighted by atomic mass is 10.1. The maximum absolute atomic E-state index is 13.0. The summed E-state index contributed by atoms with van der Waals surface area (Å²) in [6, 6.07) is 10.5. The molecule has 14 heavy (non-hydrogen) atoms. The van der Waals surface area contributed by atoms with Crippen molar-refractivity contribution in [3.8, 4) is 17.0 Å². The minimum absolute atomic E-state index is 0.426. The Morgan fingerprint density at radius 2 is 1.86 bits per heavy atom. The van der Waals surface area contributed by atoms with E-state index >= 15 is 0 Å². The van der Waals surface area contributed by atoms with Crippen LogP contribution in [-0.2, 0) is 0 Å². The zero-order chi connectivity index (χ0) is 9.97. The lowest BCUT2D eigenvalue weighted by Gasteiger charge is -2.00. The molecular weight excluding hydrogens is 181 g/mol. The van der Waals surface area contributed by atoms with Crippen molar-refractivity contribution in [2.24, 2.45) is 0 Å². The molecule has 0 saturated carbocycles. The van der Waals surface area contributed by atoms with Crippen molar-refractivity contribution in [3.63, 3.8) is 0 Å². The topological polar surface area (TPSA) is 33.1 Å². The number of benzene rings is 1. The lowest BCUT2D eigenvalue weighted by molar-refractivity contribution is 0.430. The second kappa shape index (κ2) is 3.46. The molecule has 2 aromatic rings.